The molecule has 1 aliphatic carbocycles. The lowest BCUT2D eigenvalue weighted by Gasteiger charge is -2.24. The number of hydrogen-bond donors (Lipinski definition) is 2. The fourth-order valence-electron chi connectivity index (χ4n) is 4.13. The molecule has 0 spiro atoms. The van der Waals surface area contributed by atoms with Gasteiger partial charge in [-0.3, -0.25) is 9.67 Å². The van der Waals surface area contributed by atoms with E-state index < -0.39 is 0 Å². The van der Waals surface area contributed by atoms with Crippen molar-refractivity contribution < 1.29 is 0 Å². The molecule has 3 heterocycles. The zero-order chi connectivity index (χ0) is 19.5. The Hall–Kier alpha value is -2.38. The lowest BCUT2D eigenvalue weighted by Crippen LogP contribution is -2.45. The highest BCUT2D eigenvalue weighted by molar-refractivity contribution is 5.79. The van der Waals surface area contributed by atoms with E-state index in [1.165, 1.54) is 30.5 Å². The van der Waals surface area contributed by atoms with Crippen LogP contribution in [0.3, 0.4) is 0 Å². The van der Waals surface area contributed by atoms with Gasteiger partial charge in [0.15, 0.2) is 11.8 Å². The van der Waals surface area contributed by atoms with Crippen molar-refractivity contribution in [2.75, 3.05) is 7.05 Å². The van der Waals surface area contributed by atoms with Crippen molar-refractivity contribution in [3.63, 3.8) is 0 Å². The Labute approximate surface area is 166 Å². The Balaban J connectivity index is 1.35. The van der Waals surface area contributed by atoms with Crippen LogP contribution in [0.25, 0.3) is 0 Å². The van der Waals surface area contributed by atoms with Crippen LogP contribution in [0, 0.1) is 0 Å². The van der Waals surface area contributed by atoms with Crippen molar-refractivity contribution in [1.82, 2.24) is 35.2 Å². The van der Waals surface area contributed by atoms with Crippen molar-refractivity contribution in [2.45, 2.75) is 84.0 Å². The van der Waals surface area contributed by atoms with E-state index in [-0.39, 0.29) is 0 Å². The number of nitrogens with one attached hydrogen (secondary N) is 2. The lowest BCUT2D eigenvalue weighted by molar-refractivity contribution is 0.498. The highest BCUT2D eigenvalue weighted by atomic mass is 15.3. The van der Waals surface area contributed by atoms with Crippen LogP contribution in [0.15, 0.2) is 11.2 Å². The molecule has 8 heteroatoms. The second-order valence-electron chi connectivity index (χ2n) is 8.18. The van der Waals surface area contributed by atoms with Crippen LogP contribution < -0.4 is 10.6 Å². The highest BCUT2D eigenvalue weighted by Crippen LogP contribution is 2.21. The molecule has 0 fully saturated rings. The SMILES string of the molecule is CN=C(NCc1nnc2n1CCCCC2)NC1CCc2cn(C(C)C)nc2C1. The molecule has 4 rings (SSSR count). The molecule has 8 nitrogen and oxygen atoms in total. The van der Waals surface area contributed by atoms with Crippen molar-refractivity contribution in [1.29, 1.82) is 0 Å². The highest BCUT2D eigenvalue weighted by Gasteiger charge is 2.23. The van der Waals surface area contributed by atoms with E-state index in [9.17, 15) is 0 Å². The number of fused-ring (bicyclic) bond motifs is 2. The topological polar surface area (TPSA) is 85.0 Å². The summed E-state index contributed by atoms with van der Waals surface area (Å²) in [5, 5.41) is 20.5. The summed E-state index contributed by atoms with van der Waals surface area (Å²) in [5.41, 5.74) is 2.61. The summed E-state index contributed by atoms with van der Waals surface area (Å²) in [4.78, 5) is 4.41. The van der Waals surface area contributed by atoms with Crippen molar-refractivity contribution in [3.05, 3.63) is 29.1 Å². The summed E-state index contributed by atoms with van der Waals surface area (Å²) < 4.78 is 4.36. The molecule has 0 bridgehead atoms. The molecule has 0 radical (unpaired) electrons. The molecule has 2 N–H and O–H groups in total. The van der Waals surface area contributed by atoms with Crippen molar-refractivity contribution in [2.24, 2.45) is 4.99 Å². The number of hydrogen-bond acceptors (Lipinski definition) is 4. The van der Waals surface area contributed by atoms with Gasteiger partial charge in [0, 0.05) is 44.7 Å². The van der Waals surface area contributed by atoms with E-state index >= 15 is 0 Å². The normalized spacial score (nSPS) is 19.9. The Morgan fingerprint density at radius 3 is 2.96 bits per heavy atom. The predicted octanol–water partition coefficient (Wildman–Crippen LogP) is 2.00. The second kappa shape index (κ2) is 8.32. The van der Waals surface area contributed by atoms with Crippen LogP contribution in [0.5, 0.6) is 0 Å². The summed E-state index contributed by atoms with van der Waals surface area (Å²) in [6, 6.07) is 0.759. The van der Waals surface area contributed by atoms with Gasteiger partial charge >= 0.3 is 0 Å². The monoisotopic (exact) mass is 384 g/mol. The van der Waals surface area contributed by atoms with Gasteiger partial charge in [-0.05, 0) is 45.1 Å². The van der Waals surface area contributed by atoms with E-state index in [4.69, 9.17) is 5.10 Å². The third-order valence-electron chi connectivity index (χ3n) is 5.79. The number of aryl methyl sites for hydroxylation is 2. The zero-order valence-corrected chi connectivity index (χ0v) is 17.3. The van der Waals surface area contributed by atoms with Crippen LogP contribution in [-0.2, 0) is 32.4 Å². The first-order valence-electron chi connectivity index (χ1n) is 10.6. The first-order valence-corrected chi connectivity index (χ1v) is 10.6. The average Bonchev–Trinajstić information content (AvgIpc) is 3.21. The maximum absolute atomic E-state index is 4.77. The van der Waals surface area contributed by atoms with Gasteiger partial charge in [-0.25, -0.2) is 0 Å². The molecule has 0 aromatic carbocycles. The first kappa shape index (κ1) is 19.0. The molecule has 28 heavy (non-hydrogen) atoms. The van der Waals surface area contributed by atoms with E-state index in [1.807, 2.05) is 7.05 Å². The minimum absolute atomic E-state index is 0.352. The molecule has 152 valence electrons. The molecule has 0 saturated heterocycles. The fourth-order valence-corrected chi connectivity index (χ4v) is 4.13. The molecule has 2 aromatic rings. The van der Waals surface area contributed by atoms with Gasteiger partial charge in [-0.1, -0.05) is 6.42 Å². The minimum atomic E-state index is 0.352. The summed E-state index contributed by atoms with van der Waals surface area (Å²) in [7, 11) is 1.82. The minimum Gasteiger partial charge on any atom is -0.353 e. The number of nitrogens with zero attached hydrogens (tertiary/aromatic N) is 6. The number of guanidine groups is 1. The standard InChI is InChI=1S/C20H32N8/c1-14(2)28-13-15-8-9-16(11-17(15)26-28)23-20(21-3)22-12-19-25-24-18-7-5-4-6-10-27(18)19/h13-14,16H,4-12H2,1-3H3,(H2,21,22,23). The van der Waals surface area contributed by atoms with Crippen molar-refractivity contribution in [3.8, 4) is 0 Å². The quantitative estimate of drug-likeness (QED) is 0.622. The smallest absolute Gasteiger partial charge is 0.191 e. The van der Waals surface area contributed by atoms with Gasteiger partial charge in [0.05, 0.1) is 12.2 Å². The van der Waals surface area contributed by atoms with Gasteiger partial charge in [-0.2, -0.15) is 5.10 Å². The van der Waals surface area contributed by atoms with Gasteiger partial charge in [0.25, 0.3) is 0 Å². The molecule has 1 unspecified atom stereocenters. The molecule has 0 saturated carbocycles. The third kappa shape index (κ3) is 4.05. The van der Waals surface area contributed by atoms with E-state index in [2.05, 4.69) is 55.1 Å². The molecular formula is C20H32N8. The Morgan fingerprint density at radius 1 is 1.25 bits per heavy atom. The zero-order valence-electron chi connectivity index (χ0n) is 17.3. The van der Waals surface area contributed by atoms with Crippen LogP contribution in [0.4, 0.5) is 0 Å². The van der Waals surface area contributed by atoms with Crippen LogP contribution >= 0.6 is 0 Å². The molecule has 1 atom stereocenters. The van der Waals surface area contributed by atoms with Gasteiger partial charge < -0.3 is 15.2 Å². The molecule has 1 aliphatic heterocycles. The number of aromatic nitrogens is 5. The van der Waals surface area contributed by atoms with Crippen molar-refractivity contribution >= 4 is 5.96 Å². The number of aliphatic imine (C=N–C) groups is 1. The van der Waals surface area contributed by atoms with Crippen LogP contribution in [-0.4, -0.2) is 43.6 Å². The summed E-state index contributed by atoms with van der Waals surface area (Å²) >= 11 is 0. The first-order chi connectivity index (χ1) is 13.6. The fraction of sp³-hybridized carbons (Fsp3) is 0.700. The second-order valence-corrected chi connectivity index (χ2v) is 8.18. The average molecular weight is 385 g/mol. The maximum atomic E-state index is 4.77. The van der Waals surface area contributed by atoms with E-state index in [0.29, 0.717) is 18.6 Å². The molecule has 2 aromatic heterocycles. The predicted molar refractivity (Wildman–Crippen MR) is 109 cm³/mol. The van der Waals surface area contributed by atoms with Crippen LogP contribution in [0.1, 0.15) is 68.5 Å². The van der Waals surface area contributed by atoms with E-state index in [1.54, 1.807) is 0 Å². The summed E-state index contributed by atoms with van der Waals surface area (Å²) in [5.74, 6) is 2.95. The van der Waals surface area contributed by atoms with Gasteiger partial charge in [0.1, 0.15) is 5.82 Å². The van der Waals surface area contributed by atoms with Gasteiger partial charge in [-0.15, -0.1) is 10.2 Å². The molecular weight excluding hydrogens is 352 g/mol. The Kier molecular flexibility index (Phi) is 5.64. The largest absolute Gasteiger partial charge is 0.353 e. The number of rotatable bonds is 4. The maximum Gasteiger partial charge on any atom is 0.191 e. The van der Waals surface area contributed by atoms with Gasteiger partial charge in [0.2, 0.25) is 0 Å². The third-order valence-corrected chi connectivity index (χ3v) is 5.79. The summed E-state index contributed by atoms with van der Waals surface area (Å²) in [6.45, 7) is 6.01. The summed E-state index contributed by atoms with van der Waals surface area (Å²) in [6.07, 6.45) is 10.0. The molecule has 0 amide bonds. The Morgan fingerprint density at radius 2 is 2.14 bits per heavy atom. The molecule has 2 aliphatic rings. The lowest BCUT2D eigenvalue weighted by atomic mass is 9.94. The van der Waals surface area contributed by atoms with Crippen LogP contribution in [0.2, 0.25) is 0 Å². The Bertz CT molecular complexity index is 831. The van der Waals surface area contributed by atoms with E-state index in [0.717, 1.165) is 49.8 Å².